The number of carboxylic acids is 1. The highest BCUT2D eigenvalue weighted by atomic mass is 16.5. The summed E-state index contributed by atoms with van der Waals surface area (Å²) in [5, 5.41) is 11.3. The van der Waals surface area contributed by atoms with Crippen LogP contribution in [0.25, 0.3) is 0 Å². The predicted octanol–water partition coefficient (Wildman–Crippen LogP) is 0.527. The van der Waals surface area contributed by atoms with E-state index in [1.54, 1.807) is 14.0 Å². The molecule has 0 saturated heterocycles. The van der Waals surface area contributed by atoms with Gasteiger partial charge in [-0.25, -0.2) is 9.59 Å². The van der Waals surface area contributed by atoms with Crippen LogP contribution in [0.2, 0.25) is 0 Å². The third-order valence-corrected chi connectivity index (χ3v) is 2.24. The first kappa shape index (κ1) is 14.7. The van der Waals surface area contributed by atoms with Crippen molar-refractivity contribution >= 4 is 12.0 Å². The number of nitrogens with zero attached hydrogens (tertiary/aromatic N) is 1. The fourth-order valence-corrected chi connectivity index (χ4v) is 1.18. The first-order valence-corrected chi connectivity index (χ1v) is 5.33. The van der Waals surface area contributed by atoms with Crippen LogP contribution < -0.4 is 5.32 Å². The molecule has 0 rings (SSSR count). The number of likely N-dealkylation sites (N-methyl/N-ethyl adjacent to an activating group) is 1. The molecule has 2 amide bonds. The van der Waals surface area contributed by atoms with Crippen molar-refractivity contribution in [1.29, 1.82) is 0 Å². The van der Waals surface area contributed by atoms with Gasteiger partial charge in [0.1, 0.15) is 6.04 Å². The molecular formula is C10H20N2O4. The number of hydrogen-bond acceptors (Lipinski definition) is 3. The summed E-state index contributed by atoms with van der Waals surface area (Å²) in [6, 6.07) is -1.20. The van der Waals surface area contributed by atoms with Gasteiger partial charge in [0.2, 0.25) is 0 Å². The number of nitrogens with one attached hydrogen (secondary N) is 1. The number of ether oxygens (including phenoxy) is 1. The molecule has 0 radical (unpaired) electrons. The van der Waals surface area contributed by atoms with E-state index in [4.69, 9.17) is 9.84 Å². The van der Waals surface area contributed by atoms with Gasteiger partial charge in [-0.15, -0.1) is 0 Å². The van der Waals surface area contributed by atoms with Crippen molar-refractivity contribution in [3.8, 4) is 0 Å². The normalized spacial score (nSPS) is 11.9. The molecule has 0 aromatic carbocycles. The first-order valence-electron chi connectivity index (χ1n) is 5.33. The number of urea groups is 1. The van der Waals surface area contributed by atoms with Gasteiger partial charge < -0.3 is 20.1 Å². The van der Waals surface area contributed by atoms with Crippen LogP contribution in [-0.4, -0.2) is 54.9 Å². The van der Waals surface area contributed by atoms with Crippen molar-refractivity contribution in [1.82, 2.24) is 10.2 Å². The van der Waals surface area contributed by atoms with E-state index < -0.39 is 12.0 Å². The molecule has 0 saturated carbocycles. The fraction of sp³-hybridized carbons (Fsp3) is 0.800. The van der Waals surface area contributed by atoms with Crippen LogP contribution in [-0.2, 0) is 9.53 Å². The molecule has 6 heteroatoms. The number of rotatable bonds is 7. The van der Waals surface area contributed by atoms with Crippen molar-refractivity contribution in [2.45, 2.75) is 26.3 Å². The third kappa shape index (κ3) is 4.97. The largest absolute Gasteiger partial charge is 0.480 e. The van der Waals surface area contributed by atoms with Crippen molar-refractivity contribution in [2.75, 3.05) is 26.8 Å². The molecule has 0 spiro atoms. The van der Waals surface area contributed by atoms with E-state index in [-0.39, 0.29) is 6.03 Å². The summed E-state index contributed by atoms with van der Waals surface area (Å²) in [5.41, 5.74) is 0. The van der Waals surface area contributed by atoms with Gasteiger partial charge in [-0.3, -0.25) is 0 Å². The average molecular weight is 232 g/mol. The average Bonchev–Trinajstić information content (AvgIpc) is 2.26. The van der Waals surface area contributed by atoms with E-state index >= 15 is 0 Å². The smallest absolute Gasteiger partial charge is 0.326 e. The standard InChI is InChI=1S/C10H20N2O4/c1-4-8(9(13)14)11-10(15)12(5-2)6-7-16-3/h8H,4-7H2,1-3H3,(H,11,15)(H,13,14)/t8-/m1/s1. The number of carbonyl (C=O) groups excluding carboxylic acids is 1. The van der Waals surface area contributed by atoms with Crippen molar-refractivity contribution < 1.29 is 19.4 Å². The minimum absolute atomic E-state index is 0.364. The lowest BCUT2D eigenvalue weighted by Crippen LogP contribution is -2.48. The molecule has 0 aromatic heterocycles. The Kier molecular flexibility index (Phi) is 7.28. The minimum atomic E-state index is -1.02. The van der Waals surface area contributed by atoms with Crippen LogP contribution in [0.5, 0.6) is 0 Å². The van der Waals surface area contributed by atoms with Crippen LogP contribution in [0, 0.1) is 0 Å². The quantitative estimate of drug-likeness (QED) is 0.671. The highest BCUT2D eigenvalue weighted by molar-refractivity contribution is 5.82. The Morgan fingerprint density at radius 3 is 2.44 bits per heavy atom. The van der Waals surface area contributed by atoms with Crippen molar-refractivity contribution in [3.05, 3.63) is 0 Å². The summed E-state index contributed by atoms with van der Waals surface area (Å²) in [6.45, 7) is 4.95. The van der Waals surface area contributed by atoms with E-state index in [1.807, 2.05) is 6.92 Å². The second-order valence-electron chi connectivity index (χ2n) is 3.32. The van der Waals surface area contributed by atoms with Gasteiger partial charge in [-0.2, -0.15) is 0 Å². The topological polar surface area (TPSA) is 78.9 Å². The third-order valence-electron chi connectivity index (χ3n) is 2.24. The number of carbonyl (C=O) groups is 2. The lowest BCUT2D eigenvalue weighted by molar-refractivity contribution is -0.139. The molecule has 2 N–H and O–H groups in total. The summed E-state index contributed by atoms with van der Waals surface area (Å²) in [7, 11) is 1.55. The van der Waals surface area contributed by atoms with Gasteiger partial charge in [0.05, 0.1) is 6.61 Å². The number of carboxylic acid groups (broad SMARTS) is 1. The Bertz CT molecular complexity index is 233. The van der Waals surface area contributed by atoms with Gasteiger partial charge in [0.25, 0.3) is 0 Å². The molecule has 0 aliphatic carbocycles. The molecule has 0 aliphatic heterocycles. The lowest BCUT2D eigenvalue weighted by atomic mass is 10.2. The summed E-state index contributed by atoms with van der Waals surface area (Å²) in [4.78, 5) is 23.9. The van der Waals surface area contributed by atoms with Gasteiger partial charge in [-0.1, -0.05) is 6.92 Å². The monoisotopic (exact) mass is 232 g/mol. The van der Waals surface area contributed by atoms with Crippen LogP contribution in [0.4, 0.5) is 4.79 Å². The van der Waals surface area contributed by atoms with Crippen molar-refractivity contribution in [2.24, 2.45) is 0 Å². The summed E-state index contributed by atoms with van der Waals surface area (Å²) in [5.74, 6) is -1.02. The molecular weight excluding hydrogens is 212 g/mol. The maximum Gasteiger partial charge on any atom is 0.326 e. The second-order valence-corrected chi connectivity index (χ2v) is 3.32. The Morgan fingerprint density at radius 2 is 2.06 bits per heavy atom. The molecule has 1 atom stereocenters. The molecule has 0 fully saturated rings. The second kappa shape index (κ2) is 7.92. The number of hydrogen-bond donors (Lipinski definition) is 2. The first-order chi connectivity index (χ1) is 7.56. The maximum atomic E-state index is 11.6. The Balaban J connectivity index is 4.23. The Hall–Kier alpha value is -1.30. The SMILES string of the molecule is CC[C@@H](NC(=O)N(CC)CCOC)C(=O)O. The van der Waals surface area contributed by atoms with Crippen LogP contribution >= 0.6 is 0 Å². The highest BCUT2D eigenvalue weighted by Gasteiger charge is 2.20. The molecule has 6 nitrogen and oxygen atoms in total. The zero-order valence-electron chi connectivity index (χ0n) is 10.0. The number of amides is 2. The van der Waals surface area contributed by atoms with Gasteiger partial charge >= 0.3 is 12.0 Å². The molecule has 0 aromatic rings. The predicted molar refractivity (Wildman–Crippen MR) is 59.4 cm³/mol. The Labute approximate surface area is 95.6 Å². The van der Waals surface area contributed by atoms with Crippen LogP contribution in [0.15, 0.2) is 0 Å². The number of methoxy groups -OCH3 is 1. The van der Waals surface area contributed by atoms with Crippen LogP contribution in [0.3, 0.4) is 0 Å². The number of aliphatic carboxylic acids is 1. The fourth-order valence-electron chi connectivity index (χ4n) is 1.18. The Morgan fingerprint density at radius 1 is 1.44 bits per heavy atom. The zero-order valence-corrected chi connectivity index (χ0v) is 10.0. The van der Waals surface area contributed by atoms with Crippen molar-refractivity contribution in [3.63, 3.8) is 0 Å². The minimum Gasteiger partial charge on any atom is -0.480 e. The van der Waals surface area contributed by atoms with E-state index in [9.17, 15) is 9.59 Å². The van der Waals surface area contributed by atoms with E-state index in [1.165, 1.54) is 4.90 Å². The van der Waals surface area contributed by atoms with Gasteiger partial charge in [0.15, 0.2) is 0 Å². The van der Waals surface area contributed by atoms with Crippen LogP contribution in [0.1, 0.15) is 20.3 Å². The molecule has 0 bridgehead atoms. The van der Waals surface area contributed by atoms with E-state index in [0.29, 0.717) is 26.1 Å². The van der Waals surface area contributed by atoms with Gasteiger partial charge in [-0.05, 0) is 13.3 Å². The molecule has 0 unspecified atom stereocenters. The summed E-state index contributed by atoms with van der Waals surface area (Å²) in [6.07, 6.45) is 0.364. The molecule has 0 aliphatic rings. The summed E-state index contributed by atoms with van der Waals surface area (Å²) >= 11 is 0. The zero-order chi connectivity index (χ0) is 12.6. The highest BCUT2D eigenvalue weighted by Crippen LogP contribution is 1.95. The molecule has 0 heterocycles. The van der Waals surface area contributed by atoms with Gasteiger partial charge in [0, 0.05) is 20.2 Å². The molecule has 16 heavy (non-hydrogen) atoms. The van der Waals surface area contributed by atoms with E-state index in [0.717, 1.165) is 0 Å². The maximum absolute atomic E-state index is 11.6. The lowest BCUT2D eigenvalue weighted by Gasteiger charge is -2.23. The molecule has 94 valence electrons. The summed E-state index contributed by atoms with van der Waals surface area (Å²) < 4.78 is 4.87. The van der Waals surface area contributed by atoms with E-state index in [2.05, 4.69) is 5.32 Å².